The highest BCUT2D eigenvalue weighted by Crippen LogP contribution is 2.25. The van der Waals surface area contributed by atoms with Crippen LogP contribution in [0.1, 0.15) is 24.4 Å². The summed E-state index contributed by atoms with van der Waals surface area (Å²) in [5.41, 5.74) is 2.54. The van der Waals surface area contributed by atoms with Crippen LogP contribution in [0, 0.1) is 0 Å². The molecule has 0 aliphatic carbocycles. The van der Waals surface area contributed by atoms with Gasteiger partial charge in [-0.25, -0.2) is 4.98 Å². The Kier molecular flexibility index (Phi) is 2.78. The molecule has 3 heteroatoms. The minimum Gasteiger partial charge on any atom is -0.310 e. The average molecular weight is 263 g/mol. The molecule has 1 N–H and O–H groups in total. The molecule has 20 heavy (non-hydrogen) atoms. The molecule has 1 aliphatic rings. The number of nitrogens with zero attached hydrogens (tertiary/aromatic N) is 2. The van der Waals surface area contributed by atoms with Crippen molar-refractivity contribution in [2.24, 2.45) is 0 Å². The van der Waals surface area contributed by atoms with Gasteiger partial charge in [-0.1, -0.05) is 18.2 Å². The first-order chi connectivity index (χ1) is 9.92. The number of rotatable bonds is 2. The first-order valence-electron chi connectivity index (χ1n) is 7.18. The Morgan fingerprint density at radius 3 is 3.00 bits per heavy atom. The Hall–Kier alpha value is -2.13. The number of hydrogen-bond acceptors (Lipinski definition) is 2. The van der Waals surface area contributed by atoms with E-state index in [1.807, 2.05) is 6.20 Å². The third kappa shape index (κ3) is 1.91. The maximum Gasteiger partial charge on any atom is 0.137 e. The molecule has 100 valence electrons. The largest absolute Gasteiger partial charge is 0.310 e. The van der Waals surface area contributed by atoms with Gasteiger partial charge in [0.1, 0.15) is 5.82 Å². The van der Waals surface area contributed by atoms with Crippen LogP contribution in [-0.4, -0.2) is 16.1 Å². The number of benzene rings is 1. The molecule has 0 radical (unpaired) electrons. The van der Waals surface area contributed by atoms with Crippen LogP contribution < -0.4 is 5.32 Å². The molecule has 1 aromatic carbocycles. The SMILES string of the molecule is c1ccc2c(c1)ccn2-c1cc([C@@H]2CCCN2)ccn1. The van der Waals surface area contributed by atoms with Crippen molar-refractivity contribution in [2.45, 2.75) is 18.9 Å². The van der Waals surface area contributed by atoms with Crippen LogP contribution in [0.15, 0.2) is 54.9 Å². The van der Waals surface area contributed by atoms with E-state index in [-0.39, 0.29) is 0 Å². The van der Waals surface area contributed by atoms with Gasteiger partial charge in [0.2, 0.25) is 0 Å². The van der Waals surface area contributed by atoms with Crippen molar-refractivity contribution in [2.75, 3.05) is 6.54 Å². The van der Waals surface area contributed by atoms with Gasteiger partial charge in [-0.3, -0.25) is 0 Å². The van der Waals surface area contributed by atoms with Crippen LogP contribution in [0.2, 0.25) is 0 Å². The van der Waals surface area contributed by atoms with E-state index in [0.29, 0.717) is 6.04 Å². The topological polar surface area (TPSA) is 29.9 Å². The first-order valence-corrected chi connectivity index (χ1v) is 7.18. The summed E-state index contributed by atoms with van der Waals surface area (Å²) in [5, 5.41) is 4.79. The highest BCUT2D eigenvalue weighted by atomic mass is 15.0. The molecule has 1 atom stereocenters. The highest BCUT2D eigenvalue weighted by molar-refractivity contribution is 5.81. The van der Waals surface area contributed by atoms with E-state index in [1.165, 1.54) is 29.3 Å². The fourth-order valence-corrected chi connectivity index (χ4v) is 3.03. The number of para-hydroxylation sites is 1. The Bertz CT molecular complexity index is 739. The predicted octanol–water partition coefficient (Wildman–Crippen LogP) is 3.45. The summed E-state index contributed by atoms with van der Waals surface area (Å²) in [6.07, 6.45) is 6.49. The molecule has 3 nitrogen and oxygen atoms in total. The Morgan fingerprint density at radius 2 is 2.10 bits per heavy atom. The molecule has 0 bridgehead atoms. The van der Waals surface area contributed by atoms with Crippen molar-refractivity contribution < 1.29 is 0 Å². The molecular formula is C17H17N3. The minimum atomic E-state index is 0.485. The second-order valence-electron chi connectivity index (χ2n) is 5.34. The van der Waals surface area contributed by atoms with E-state index >= 15 is 0 Å². The Balaban J connectivity index is 1.80. The molecule has 3 heterocycles. The molecule has 0 amide bonds. The van der Waals surface area contributed by atoms with E-state index in [0.717, 1.165) is 12.4 Å². The summed E-state index contributed by atoms with van der Waals surface area (Å²) in [6, 6.07) is 15.4. The number of pyridine rings is 1. The van der Waals surface area contributed by atoms with Crippen molar-refractivity contribution in [1.29, 1.82) is 0 Å². The second-order valence-corrected chi connectivity index (χ2v) is 5.34. The monoisotopic (exact) mass is 263 g/mol. The summed E-state index contributed by atoms with van der Waals surface area (Å²) in [5.74, 6) is 0.998. The van der Waals surface area contributed by atoms with E-state index in [9.17, 15) is 0 Å². The molecule has 1 fully saturated rings. The molecule has 0 saturated carbocycles. The summed E-state index contributed by atoms with van der Waals surface area (Å²) in [4.78, 5) is 4.54. The zero-order valence-electron chi connectivity index (χ0n) is 11.3. The Labute approximate surface area is 118 Å². The number of hydrogen-bond donors (Lipinski definition) is 1. The lowest BCUT2D eigenvalue weighted by Crippen LogP contribution is -2.13. The average Bonchev–Trinajstić information content (AvgIpc) is 3.17. The maximum atomic E-state index is 4.54. The molecule has 3 aromatic rings. The first kappa shape index (κ1) is 11.7. The molecule has 0 spiro atoms. The second kappa shape index (κ2) is 4.76. The zero-order chi connectivity index (χ0) is 13.4. The smallest absolute Gasteiger partial charge is 0.137 e. The lowest BCUT2D eigenvalue weighted by atomic mass is 10.1. The van der Waals surface area contributed by atoms with Crippen LogP contribution >= 0.6 is 0 Å². The molecule has 0 unspecified atom stereocenters. The van der Waals surface area contributed by atoms with E-state index in [4.69, 9.17) is 0 Å². The zero-order valence-corrected chi connectivity index (χ0v) is 11.3. The summed E-state index contributed by atoms with van der Waals surface area (Å²) < 4.78 is 2.16. The van der Waals surface area contributed by atoms with Crippen molar-refractivity contribution in [3.8, 4) is 5.82 Å². The quantitative estimate of drug-likeness (QED) is 0.767. The number of aromatic nitrogens is 2. The van der Waals surface area contributed by atoms with Crippen LogP contribution in [0.3, 0.4) is 0 Å². The highest BCUT2D eigenvalue weighted by Gasteiger charge is 2.16. The third-order valence-corrected chi connectivity index (χ3v) is 4.08. The summed E-state index contributed by atoms with van der Waals surface area (Å²) >= 11 is 0. The van der Waals surface area contributed by atoms with Crippen LogP contribution in [0.25, 0.3) is 16.7 Å². The fourth-order valence-electron chi connectivity index (χ4n) is 3.03. The van der Waals surface area contributed by atoms with Gasteiger partial charge >= 0.3 is 0 Å². The standard InChI is InChI=1S/C17H17N3/c1-2-6-16-13(4-1)8-11-20(16)17-12-14(7-10-19-17)15-5-3-9-18-15/h1-2,4,6-8,10-12,15,18H,3,5,9H2/t15-/m0/s1. The predicted molar refractivity (Wildman–Crippen MR) is 81.0 cm³/mol. The molecular weight excluding hydrogens is 246 g/mol. The summed E-state index contributed by atoms with van der Waals surface area (Å²) in [7, 11) is 0. The van der Waals surface area contributed by atoms with Gasteiger partial charge in [-0.15, -0.1) is 0 Å². The third-order valence-electron chi connectivity index (χ3n) is 4.08. The number of nitrogens with one attached hydrogen (secondary N) is 1. The lowest BCUT2D eigenvalue weighted by Gasteiger charge is -2.12. The van der Waals surface area contributed by atoms with Gasteiger partial charge in [0, 0.05) is 18.4 Å². The normalized spacial score (nSPS) is 18.7. The van der Waals surface area contributed by atoms with Crippen molar-refractivity contribution in [3.05, 3.63) is 60.4 Å². The van der Waals surface area contributed by atoms with Crippen LogP contribution in [0.4, 0.5) is 0 Å². The molecule has 1 aliphatic heterocycles. The van der Waals surface area contributed by atoms with Crippen LogP contribution in [-0.2, 0) is 0 Å². The molecule has 2 aromatic heterocycles. The minimum absolute atomic E-state index is 0.485. The van der Waals surface area contributed by atoms with Crippen molar-refractivity contribution in [3.63, 3.8) is 0 Å². The van der Waals surface area contributed by atoms with Crippen LogP contribution in [0.5, 0.6) is 0 Å². The molecule has 4 rings (SSSR count). The van der Waals surface area contributed by atoms with Gasteiger partial charge < -0.3 is 9.88 Å². The van der Waals surface area contributed by atoms with E-state index in [1.54, 1.807) is 0 Å². The van der Waals surface area contributed by atoms with Gasteiger partial charge in [-0.2, -0.15) is 0 Å². The van der Waals surface area contributed by atoms with E-state index < -0.39 is 0 Å². The van der Waals surface area contributed by atoms with Gasteiger partial charge in [-0.05, 0) is 54.6 Å². The fraction of sp³-hybridized carbons (Fsp3) is 0.235. The molecule has 1 saturated heterocycles. The van der Waals surface area contributed by atoms with Crippen molar-refractivity contribution >= 4 is 10.9 Å². The number of fused-ring (bicyclic) bond motifs is 1. The van der Waals surface area contributed by atoms with Gasteiger partial charge in [0.05, 0.1) is 5.52 Å². The van der Waals surface area contributed by atoms with Gasteiger partial charge in [0.15, 0.2) is 0 Å². The Morgan fingerprint density at radius 1 is 1.15 bits per heavy atom. The lowest BCUT2D eigenvalue weighted by molar-refractivity contribution is 0.646. The van der Waals surface area contributed by atoms with E-state index in [2.05, 4.69) is 63.5 Å². The summed E-state index contributed by atoms with van der Waals surface area (Å²) in [6.45, 7) is 1.12. The maximum absolute atomic E-state index is 4.54. The van der Waals surface area contributed by atoms with Gasteiger partial charge in [0.25, 0.3) is 0 Å². The van der Waals surface area contributed by atoms with Crippen molar-refractivity contribution in [1.82, 2.24) is 14.9 Å².